The molecule has 132 valence electrons. The fraction of sp³-hybridized carbons (Fsp3) is 0.0417. The molecule has 3 heteroatoms. The van der Waals surface area contributed by atoms with Gasteiger partial charge in [0.25, 0.3) is 0 Å². The highest BCUT2D eigenvalue weighted by Gasteiger charge is 2.14. The summed E-state index contributed by atoms with van der Waals surface area (Å²) in [4.78, 5) is 5.98. The number of aliphatic imine (C=N–C) groups is 1. The van der Waals surface area contributed by atoms with Gasteiger partial charge in [0.05, 0.1) is 7.11 Å². The maximum atomic E-state index is 5.28. The van der Waals surface area contributed by atoms with Crippen LogP contribution in [0.1, 0.15) is 16.7 Å². The topological polar surface area (TPSA) is 21.6 Å². The first-order valence-corrected chi connectivity index (χ1v) is 9.58. The Balaban J connectivity index is 1.79. The number of ether oxygens (including phenoxy) is 1. The fourth-order valence-electron chi connectivity index (χ4n) is 2.87. The molecule has 0 bridgehead atoms. The average molecular weight is 369 g/mol. The highest BCUT2D eigenvalue weighted by molar-refractivity contribution is 8.22. The molecule has 0 unspecified atom stereocenters. The zero-order valence-corrected chi connectivity index (χ0v) is 15.8. The van der Waals surface area contributed by atoms with Crippen molar-refractivity contribution >= 4 is 27.3 Å². The number of hydrogen-bond acceptors (Lipinski definition) is 3. The van der Waals surface area contributed by atoms with Crippen molar-refractivity contribution in [1.82, 2.24) is 0 Å². The molecule has 0 aliphatic carbocycles. The quantitative estimate of drug-likeness (QED) is 0.540. The Morgan fingerprint density at radius 1 is 0.704 bits per heavy atom. The fourth-order valence-corrected chi connectivity index (χ4v) is 3.87. The number of benzene rings is 3. The molecule has 0 aromatic heterocycles. The summed E-state index contributed by atoms with van der Waals surface area (Å²) in [6.45, 7) is 0. The largest absolute Gasteiger partial charge is 0.497 e. The van der Waals surface area contributed by atoms with Gasteiger partial charge in [0.2, 0.25) is 0 Å². The van der Waals surface area contributed by atoms with E-state index >= 15 is 0 Å². The Morgan fingerprint density at radius 3 is 1.96 bits per heavy atom. The van der Waals surface area contributed by atoms with Gasteiger partial charge in [-0.2, -0.15) is 0 Å². The van der Waals surface area contributed by atoms with Gasteiger partial charge >= 0.3 is 0 Å². The van der Waals surface area contributed by atoms with E-state index in [1.54, 1.807) is 18.9 Å². The van der Waals surface area contributed by atoms with Crippen LogP contribution < -0.4 is 4.74 Å². The van der Waals surface area contributed by atoms with E-state index in [-0.39, 0.29) is 0 Å². The number of nitrogens with zero attached hydrogens (tertiary/aromatic N) is 1. The van der Waals surface area contributed by atoms with E-state index in [0.717, 1.165) is 27.5 Å². The number of allylic oxidation sites excluding steroid dienone is 2. The molecule has 4 rings (SSSR count). The van der Waals surface area contributed by atoms with E-state index in [1.807, 2.05) is 42.6 Å². The van der Waals surface area contributed by atoms with E-state index < -0.39 is 0 Å². The zero-order valence-electron chi connectivity index (χ0n) is 15.0. The Bertz CT molecular complexity index is 1000. The first-order chi connectivity index (χ1) is 13.3. The standard InChI is InChI=1S/C24H19NOS/c1-26-22-14-12-18(13-15-22)21-16-23(19-8-4-2-5-9-19)27-24(25-17-21)20-10-6-3-7-11-20/h2-17H,1H3. The van der Waals surface area contributed by atoms with E-state index in [0.29, 0.717) is 0 Å². The van der Waals surface area contributed by atoms with Gasteiger partial charge in [0, 0.05) is 22.2 Å². The molecule has 0 atom stereocenters. The molecule has 0 amide bonds. The van der Waals surface area contributed by atoms with Gasteiger partial charge in [0.15, 0.2) is 0 Å². The molecule has 1 aliphatic rings. The first-order valence-electron chi connectivity index (χ1n) is 8.76. The van der Waals surface area contributed by atoms with Gasteiger partial charge in [-0.15, -0.1) is 0 Å². The van der Waals surface area contributed by atoms with Crippen molar-refractivity contribution < 1.29 is 4.74 Å². The normalized spacial score (nSPS) is 13.9. The number of thioether (sulfide) groups is 1. The van der Waals surface area contributed by atoms with Crippen LogP contribution in [0.5, 0.6) is 5.75 Å². The lowest BCUT2D eigenvalue weighted by Crippen LogP contribution is -1.94. The van der Waals surface area contributed by atoms with E-state index in [2.05, 4.69) is 54.6 Å². The van der Waals surface area contributed by atoms with Crippen LogP contribution in [-0.4, -0.2) is 12.2 Å². The van der Waals surface area contributed by atoms with Crippen LogP contribution >= 0.6 is 11.8 Å². The SMILES string of the molecule is COc1ccc(C2=CN=C(c3ccccc3)SC(c3ccccc3)=C2)cc1. The molecule has 3 aromatic rings. The summed E-state index contributed by atoms with van der Waals surface area (Å²) in [5.74, 6) is 0.850. The van der Waals surface area contributed by atoms with Gasteiger partial charge in [0.1, 0.15) is 10.8 Å². The second kappa shape index (κ2) is 8.11. The lowest BCUT2D eigenvalue weighted by Gasteiger charge is -2.09. The van der Waals surface area contributed by atoms with Crippen molar-refractivity contribution in [3.63, 3.8) is 0 Å². The molecule has 3 aromatic carbocycles. The monoisotopic (exact) mass is 369 g/mol. The summed E-state index contributed by atoms with van der Waals surface area (Å²) >= 11 is 1.70. The highest BCUT2D eigenvalue weighted by atomic mass is 32.2. The molecule has 0 radical (unpaired) electrons. The predicted molar refractivity (Wildman–Crippen MR) is 116 cm³/mol. The van der Waals surface area contributed by atoms with Gasteiger partial charge in [-0.1, -0.05) is 84.6 Å². The number of methoxy groups -OCH3 is 1. The Hall–Kier alpha value is -3.04. The summed E-state index contributed by atoms with van der Waals surface area (Å²) in [6, 6.07) is 28.9. The molecule has 0 saturated heterocycles. The Morgan fingerprint density at radius 2 is 1.33 bits per heavy atom. The molecule has 1 aliphatic heterocycles. The Labute approximate surface area is 163 Å². The molecular formula is C24H19NOS. The van der Waals surface area contributed by atoms with Crippen LogP contribution in [0, 0.1) is 0 Å². The molecular weight excluding hydrogens is 350 g/mol. The van der Waals surface area contributed by atoms with Crippen LogP contribution in [0.3, 0.4) is 0 Å². The average Bonchev–Trinajstić information content (AvgIpc) is 2.99. The second-order valence-corrected chi connectivity index (χ2v) is 7.12. The molecule has 1 heterocycles. The van der Waals surface area contributed by atoms with Gasteiger partial charge in [-0.3, -0.25) is 0 Å². The van der Waals surface area contributed by atoms with Gasteiger partial charge < -0.3 is 4.74 Å². The summed E-state index contributed by atoms with van der Waals surface area (Å²) in [5, 5.41) is 0.995. The van der Waals surface area contributed by atoms with Crippen molar-refractivity contribution in [3.05, 3.63) is 114 Å². The third-order valence-electron chi connectivity index (χ3n) is 4.32. The van der Waals surface area contributed by atoms with Crippen molar-refractivity contribution in [2.24, 2.45) is 4.99 Å². The van der Waals surface area contributed by atoms with Crippen molar-refractivity contribution in [3.8, 4) is 5.75 Å². The highest BCUT2D eigenvalue weighted by Crippen LogP contribution is 2.36. The minimum atomic E-state index is 0.850. The predicted octanol–water partition coefficient (Wildman–Crippen LogP) is 6.27. The minimum absolute atomic E-state index is 0.850. The van der Waals surface area contributed by atoms with E-state index in [4.69, 9.17) is 9.73 Å². The maximum absolute atomic E-state index is 5.28. The van der Waals surface area contributed by atoms with Crippen LogP contribution in [0.25, 0.3) is 10.5 Å². The van der Waals surface area contributed by atoms with Crippen LogP contribution in [-0.2, 0) is 0 Å². The third-order valence-corrected chi connectivity index (χ3v) is 5.42. The molecule has 0 N–H and O–H groups in total. The smallest absolute Gasteiger partial charge is 0.118 e. The molecule has 0 fully saturated rings. The summed E-state index contributed by atoms with van der Waals surface area (Å²) in [6.07, 6.45) is 4.16. The molecule has 27 heavy (non-hydrogen) atoms. The number of hydrogen-bond donors (Lipinski definition) is 0. The lowest BCUT2D eigenvalue weighted by molar-refractivity contribution is 0.415. The summed E-state index contributed by atoms with van der Waals surface area (Å²) < 4.78 is 5.28. The third kappa shape index (κ3) is 4.04. The first kappa shape index (κ1) is 17.4. The maximum Gasteiger partial charge on any atom is 0.118 e. The lowest BCUT2D eigenvalue weighted by atomic mass is 10.0. The van der Waals surface area contributed by atoms with Crippen LogP contribution in [0.4, 0.5) is 0 Å². The minimum Gasteiger partial charge on any atom is -0.497 e. The van der Waals surface area contributed by atoms with Crippen molar-refractivity contribution in [2.75, 3.05) is 7.11 Å². The molecule has 0 saturated carbocycles. The molecule has 2 nitrogen and oxygen atoms in total. The summed E-state index contributed by atoms with van der Waals surface area (Å²) in [7, 11) is 1.68. The van der Waals surface area contributed by atoms with Crippen LogP contribution in [0.15, 0.2) is 102 Å². The zero-order chi connectivity index (χ0) is 18.5. The van der Waals surface area contributed by atoms with Gasteiger partial charge in [-0.25, -0.2) is 4.99 Å². The van der Waals surface area contributed by atoms with Gasteiger partial charge in [-0.05, 0) is 29.3 Å². The number of rotatable bonds is 4. The van der Waals surface area contributed by atoms with E-state index in [1.165, 1.54) is 10.5 Å². The van der Waals surface area contributed by atoms with Crippen molar-refractivity contribution in [2.45, 2.75) is 0 Å². The van der Waals surface area contributed by atoms with Crippen LogP contribution in [0.2, 0.25) is 0 Å². The summed E-state index contributed by atoms with van der Waals surface area (Å²) in [5.41, 5.74) is 4.50. The van der Waals surface area contributed by atoms with E-state index in [9.17, 15) is 0 Å². The Kier molecular flexibility index (Phi) is 5.22. The van der Waals surface area contributed by atoms with Crippen molar-refractivity contribution in [1.29, 1.82) is 0 Å². The molecule has 0 spiro atoms. The second-order valence-electron chi connectivity index (χ2n) is 6.09.